The van der Waals surface area contributed by atoms with Crippen LogP contribution in [0.2, 0.25) is 0 Å². The summed E-state index contributed by atoms with van der Waals surface area (Å²) in [5, 5.41) is 2.76. The number of hydrogen-bond donors (Lipinski definition) is 1. The number of nitrogens with one attached hydrogen (secondary N) is 1. The Morgan fingerprint density at radius 2 is 1.80 bits per heavy atom. The van der Waals surface area contributed by atoms with E-state index in [4.69, 9.17) is 4.42 Å². The van der Waals surface area contributed by atoms with Crippen molar-refractivity contribution in [3.63, 3.8) is 0 Å². The van der Waals surface area contributed by atoms with Gasteiger partial charge in [0.1, 0.15) is 5.76 Å². The van der Waals surface area contributed by atoms with Crippen LogP contribution in [0.3, 0.4) is 0 Å². The lowest BCUT2D eigenvalue weighted by Crippen LogP contribution is -2.13. The van der Waals surface area contributed by atoms with E-state index in [1.54, 1.807) is 37.5 Å². The highest BCUT2D eigenvalue weighted by Gasteiger charge is 2.15. The summed E-state index contributed by atoms with van der Waals surface area (Å²) in [6.45, 7) is 3.55. The number of carbonyl (C=O) groups is 2. The van der Waals surface area contributed by atoms with E-state index in [2.05, 4.69) is 10.1 Å². The van der Waals surface area contributed by atoms with Crippen LogP contribution in [0.15, 0.2) is 34.9 Å². The van der Waals surface area contributed by atoms with E-state index < -0.39 is 5.97 Å². The summed E-state index contributed by atoms with van der Waals surface area (Å²) in [6, 6.07) is 6.48. The summed E-state index contributed by atoms with van der Waals surface area (Å²) in [7, 11) is 1.32. The highest BCUT2D eigenvalue weighted by molar-refractivity contribution is 6.06. The second-order valence-corrected chi connectivity index (χ2v) is 4.37. The van der Waals surface area contributed by atoms with Crippen LogP contribution >= 0.6 is 0 Å². The molecule has 0 saturated heterocycles. The number of aryl methyl sites for hydroxylation is 2. The number of rotatable bonds is 3. The number of benzene rings is 1. The van der Waals surface area contributed by atoms with E-state index in [-0.39, 0.29) is 5.91 Å². The van der Waals surface area contributed by atoms with Gasteiger partial charge < -0.3 is 14.5 Å². The van der Waals surface area contributed by atoms with Crippen LogP contribution in [-0.2, 0) is 4.74 Å². The maximum absolute atomic E-state index is 12.1. The average Bonchev–Trinajstić information content (AvgIpc) is 2.78. The van der Waals surface area contributed by atoms with E-state index in [9.17, 15) is 9.59 Å². The van der Waals surface area contributed by atoms with Crippen molar-refractivity contribution in [2.75, 3.05) is 12.4 Å². The van der Waals surface area contributed by atoms with Crippen LogP contribution in [0.4, 0.5) is 5.69 Å². The van der Waals surface area contributed by atoms with Gasteiger partial charge in [-0.25, -0.2) is 4.79 Å². The van der Waals surface area contributed by atoms with Gasteiger partial charge in [-0.1, -0.05) is 0 Å². The normalized spacial score (nSPS) is 10.2. The van der Waals surface area contributed by atoms with Crippen molar-refractivity contribution in [3.8, 4) is 0 Å². The molecule has 1 aromatic heterocycles. The lowest BCUT2D eigenvalue weighted by molar-refractivity contribution is 0.0600. The number of methoxy groups -OCH3 is 1. The molecule has 0 atom stereocenters. The van der Waals surface area contributed by atoms with Gasteiger partial charge in [0.05, 0.1) is 24.5 Å². The van der Waals surface area contributed by atoms with E-state index >= 15 is 0 Å². The molecule has 5 nitrogen and oxygen atoms in total. The van der Waals surface area contributed by atoms with Gasteiger partial charge in [0.15, 0.2) is 0 Å². The molecular weight excluding hydrogens is 258 g/mol. The molecule has 0 aliphatic rings. The first kappa shape index (κ1) is 13.9. The first-order valence-corrected chi connectivity index (χ1v) is 6.07. The van der Waals surface area contributed by atoms with Gasteiger partial charge in [-0.05, 0) is 38.1 Å². The van der Waals surface area contributed by atoms with Gasteiger partial charge in [0.2, 0.25) is 0 Å². The van der Waals surface area contributed by atoms with Crippen LogP contribution < -0.4 is 5.32 Å². The molecule has 2 aromatic rings. The lowest BCUT2D eigenvalue weighted by Gasteiger charge is -2.06. The van der Waals surface area contributed by atoms with Gasteiger partial charge in [-0.15, -0.1) is 0 Å². The highest BCUT2D eigenvalue weighted by Crippen LogP contribution is 2.18. The van der Waals surface area contributed by atoms with Crippen LogP contribution in [0, 0.1) is 13.8 Å². The summed E-state index contributed by atoms with van der Waals surface area (Å²) >= 11 is 0. The van der Waals surface area contributed by atoms with Gasteiger partial charge in [-0.3, -0.25) is 4.79 Å². The number of ether oxygens (including phenoxy) is 1. The summed E-state index contributed by atoms with van der Waals surface area (Å²) in [5.41, 5.74) is 2.34. The number of hydrogen-bond acceptors (Lipinski definition) is 4. The van der Waals surface area contributed by atoms with Crippen LogP contribution in [0.25, 0.3) is 0 Å². The monoisotopic (exact) mass is 273 g/mol. The average molecular weight is 273 g/mol. The van der Waals surface area contributed by atoms with Gasteiger partial charge in [0, 0.05) is 11.3 Å². The fourth-order valence-electron chi connectivity index (χ4n) is 1.91. The van der Waals surface area contributed by atoms with Crippen molar-refractivity contribution in [1.82, 2.24) is 0 Å². The molecule has 1 amide bonds. The molecule has 20 heavy (non-hydrogen) atoms. The second-order valence-electron chi connectivity index (χ2n) is 4.37. The maximum atomic E-state index is 12.1. The van der Waals surface area contributed by atoms with E-state index in [1.165, 1.54) is 7.11 Å². The van der Waals surface area contributed by atoms with Crippen LogP contribution in [0.5, 0.6) is 0 Å². The standard InChI is InChI=1S/C15H15NO4/c1-9-8-20-10(2)13(9)14(17)16-12-6-4-11(5-7-12)15(18)19-3/h4-8H,1-3H3,(H,16,17). The third-order valence-corrected chi connectivity index (χ3v) is 2.95. The Morgan fingerprint density at radius 3 is 2.30 bits per heavy atom. The molecule has 1 aromatic carbocycles. The zero-order valence-corrected chi connectivity index (χ0v) is 11.5. The van der Waals surface area contributed by atoms with E-state index in [0.717, 1.165) is 5.56 Å². The molecule has 0 unspecified atom stereocenters. The molecule has 104 valence electrons. The summed E-state index contributed by atoms with van der Waals surface area (Å²) in [6.07, 6.45) is 1.55. The second kappa shape index (κ2) is 5.61. The van der Waals surface area contributed by atoms with E-state index in [0.29, 0.717) is 22.6 Å². The fraction of sp³-hybridized carbons (Fsp3) is 0.200. The molecule has 0 bridgehead atoms. The van der Waals surface area contributed by atoms with Gasteiger partial charge in [-0.2, -0.15) is 0 Å². The first-order chi connectivity index (χ1) is 9.52. The van der Waals surface area contributed by atoms with Crippen molar-refractivity contribution < 1.29 is 18.7 Å². The van der Waals surface area contributed by atoms with Crippen molar-refractivity contribution >= 4 is 17.6 Å². The summed E-state index contributed by atoms with van der Waals surface area (Å²) in [4.78, 5) is 23.4. The minimum atomic E-state index is -0.413. The SMILES string of the molecule is COC(=O)c1ccc(NC(=O)c2c(C)coc2C)cc1. The molecule has 5 heteroatoms. The topological polar surface area (TPSA) is 68.5 Å². The maximum Gasteiger partial charge on any atom is 0.337 e. The minimum Gasteiger partial charge on any atom is -0.469 e. The molecule has 0 fully saturated rings. The zero-order chi connectivity index (χ0) is 14.7. The Morgan fingerprint density at radius 1 is 1.15 bits per heavy atom. The molecule has 2 rings (SSSR count). The van der Waals surface area contributed by atoms with Gasteiger partial charge in [0.25, 0.3) is 5.91 Å². The van der Waals surface area contributed by atoms with Crippen molar-refractivity contribution in [3.05, 3.63) is 53.0 Å². The van der Waals surface area contributed by atoms with Crippen LogP contribution in [-0.4, -0.2) is 19.0 Å². The van der Waals surface area contributed by atoms with Crippen molar-refractivity contribution in [2.45, 2.75) is 13.8 Å². The Labute approximate surface area is 116 Å². The Balaban J connectivity index is 2.15. The van der Waals surface area contributed by atoms with E-state index in [1.807, 2.05) is 6.92 Å². The Kier molecular flexibility index (Phi) is 3.89. The predicted molar refractivity (Wildman–Crippen MR) is 73.9 cm³/mol. The predicted octanol–water partition coefficient (Wildman–Crippen LogP) is 2.94. The Bertz CT molecular complexity index is 621. The summed E-state index contributed by atoms with van der Waals surface area (Å²) < 4.78 is 9.81. The third-order valence-electron chi connectivity index (χ3n) is 2.95. The minimum absolute atomic E-state index is 0.237. The van der Waals surface area contributed by atoms with Gasteiger partial charge >= 0.3 is 5.97 Å². The molecule has 1 heterocycles. The molecule has 0 radical (unpaired) electrons. The van der Waals surface area contributed by atoms with Crippen LogP contribution in [0.1, 0.15) is 32.0 Å². The number of anilines is 1. The molecule has 0 spiro atoms. The fourth-order valence-corrected chi connectivity index (χ4v) is 1.91. The quantitative estimate of drug-likeness (QED) is 0.873. The molecule has 0 saturated carbocycles. The van der Waals surface area contributed by atoms with Crippen molar-refractivity contribution in [1.29, 1.82) is 0 Å². The first-order valence-electron chi connectivity index (χ1n) is 6.07. The molecule has 0 aliphatic heterocycles. The largest absolute Gasteiger partial charge is 0.469 e. The highest BCUT2D eigenvalue weighted by atomic mass is 16.5. The molecule has 1 N–H and O–H groups in total. The smallest absolute Gasteiger partial charge is 0.337 e. The number of esters is 1. The third kappa shape index (κ3) is 2.71. The van der Waals surface area contributed by atoms with Crippen molar-refractivity contribution in [2.24, 2.45) is 0 Å². The lowest BCUT2D eigenvalue weighted by atomic mass is 10.1. The number of furan rings is 1. The zero-order valence-electron chi connectivity index (χ0n) is 11.5. The number of carbonyl (C=O) groups excluding carboxylic acids is 2. The molecular formula is C15H15NO4. The number of amides is 1. The summed E-state index contributed by atoms with van der Waals surface area (Å²) in [5.74, 6) is -0.0739. The molecule has 0 aliphatic carbocycles. The Hall–Kier alpha value is -2.56.